The molecule has 0 radical (unpaired) electrons. The number of hydrogen-bond donors (Lipinski definition) is 3. The van der Waals surface area contributed by atoms with Crippen LogP contribution in [0.4, 0.5) is 5.82 Å². The first-order valence-corrected chi connectivity index (χ1v) is 6.98. The molecule has 2 aromatic heterocycles. The largest absolute Gasteiger partial charge is 0.460 e. The van der Waals surface area contributed by atoms with Crippen molar-refractivity contribution < 1.29 is 4.74 Å². The Morgan fingerprint density at radius 3 is 2.59 bits per heavy atom. The predicted molar refractivity (Wildman–Crippen MR) is 82.6 cm³/mol. The number of fused-ring (bicyclic) bond motifs is 1. The van der Waals surface area contributed by atoms with E-state index in [2.05, 4.69) is 15.0 Å². The van der Waals surface area contributed by atoms with Gasteiger partial charge in [0.15, 0.2) is 23.2 Å². The van der Waals surface area contributed by atoms with Gasteiger partial charge in [0.2, 0.25) is 6.23 Å². The van der Waals surface area contributed by atoms with E-state index in [0.29, 0.717) is 23.1 Å². The van der Waals surface area contributed by atoms with Gasteiger partial charge < -0.3 is 9.64 Å². The second-order valence-corrected chi connectivity index (χ2v) is 5.57. The van der Waals surface area contributed by atoms with Gasteiger partial charge in [0.05, 0.1) is 6.20 Å². The van der Waals surface area contributed by atoms with Crippen LogP contribution in [-0.4, -0.2) is 33.0 Å². The molecular formula is C14H19N7O. The molecule has 0 amide bonds. The summed E-state index contributed by atoms with van der Waals surface area (Å²) < 4.78 is 5.74. The maximum atomic E-state index is 5.83. The minimum Gasteiger partial charge on any atom is -0.460 e. The minimum atomic E-state index is -1.52. The summed E-state index contributed by atoms with van der Waals surface area (Å²) in [4.78, 5) is 14.9. The van der Waals surface area contributed by atoms with Crippen LogP contribution in [0.15, 0.2) is 30.6 Å². The number of hydrogen-bond acceptors (Lipinski definition) is 8. The number of aromatic nitrogens is 3. The van der Waals surface area contributed by atoms with E-state index in [0.717, 1.165) is 0 Å². The molecule has 0 spiro atoms. The van der Waals surface area contributed by atoms with Crippen molar-refractivity contribution in [2.45, 2.75) is 31.9 Å². The van der Waals surface area contributed by atoms with Gasteiger partial charge in [-0.2, -0.15) is 0 Å². The molecule has 8 heteroatoms. The fourth-order valence-electron chi connectivity index (χ4n) is 2.39. The lowest BCUT2D eigenvalue weighted by Crippen LogP contribution is -2.72. The van der Waals surface area contributed by atoms with Gasteiger partial charge in [0.25, 0.3) is 0 Å². The van der Waals surface area contributed by atoms with Crippen molar-refractivity contribution in [2.24, 2.45) is 17.2 Å². The molecule has 3 heterocycles. The zero-order valence-electron chi connectivity index (χ0n) is 12.5. The van der Waals surface area contributed by atoms with Crippen LogP contribution in [0, 0.1) is 0 Å². The molecule has 0 aliphatic carbocycles. The summed E-state index contributed by atoms with van der Waals surface area (Å²) in [5.41, 5.74) is 18.2. The summed E-state index contributed by atoms with van der Waals surface area (Å²) in [6.45, 7) is 3.97. The minimum absolute atomic E-state index is 0.0488. The van der Waals surface area contributed by atoms with Crippen LogP contribution in [-0.2, 0) is 0 Å². The Labute approximate surface area is 128 Å². The van der Waals surface area contributed by atoms with Gasteiger partial charge in [-0.1, -0.05) is 6.07 Å². The molecule has 0 fully saturated rings. The summed E-state index contributed by atoms with van der Waals surface area (Å²) in [6.07, 6.45) is 2.57. The third-order valence-electron chi connectivity index (χ3n) is 3.35. The molecule has 8 nitrogen and oxygen atoms in total. The Morgan fingerprint density at radius 2 is 2.00 bits per heavy atom. The van der Waals surface area contributed by atoms with E-state index in [1.807, 2.05) is 36.9 Å². The summed E-state index contributed by atoms with van der Waals surface area (Å²) in [6, 6.07) is 5.60. The highest BCUT2D eigenvalue weighted by Crippen LogP contribution is 2.38. The van der Waals surface area contributed by atoms with E-state index in [4.69, 9.17) is 21.9 Å². The van der Waals surface area contributed by atoms with Crippen molar-refractivity contribution >= 4 is 5.82 Å². The smallest absolute Gasteiger partial charge is 0.219 e. The molecule has 1 atom stereocenters. The fourth-order valence-corrected chi connectivity index (χ4v) is 2.39. The molecular weight excluding hydrogens is 282 g/mol. The number of ether oxygens (including phenoxy) is 1. The molecule has 0 bridgehead atoms. The van der Waals surface area contributed by atoms with Crippen molar-refractivity contribution in [1.29, 1.82) is 0 Å². The predicted octanol–water partition coefficient (Wildman–Crippen LogP) is 0.00180. The molecule has 1 unspecified atom stereocenters. The van der Waals surface area contributed by atoms with Gasteiger partial charge in [0.1, 0.15) is 5.69 Å². The van der Waals surface area contributed by atoms with E-state index < -0.39 is 12.0 Å². The summed E-state index contributed by atoms with van der Waals surface area (Å²) >= 11 is 0. The molecule has 0 saturated carbocycles. The van der Waals surface area contributed by atoms with E-state index in [1.54, 1.807) is 12.4 Å². The normalized spacial score (nSPS) is 17.5. The summed E-state index contributed by atoms with van der Waals surface area (Å²) in [5.74, 6) is 0.104. The first-order valence-electron chi connectivity index (χ1n) is 6.98. The number of nitrogens with zero attached hydrogens (tertiary/aromatic N) is 4. The van der Waals surface area contributed by atoms with Gasteiger partial charge in [-0.15, -0.1) is 0 Å². The Morgan fingerprint density at radius 1 is 1.23 bits per heavy atom. The average Bonchev–Trinajstić information content (AvgIpc) is 2.87. The second-order valence-electron chi connectivity index (χ2n) is 5.57. The number of nitrogens with two attached hydrogens (primary N) is 3. The zero-order chi connectivity index (χ0) is 15.9. The number of anilines is 1. The third-order valence-corrected chi connectivity index (χ3v) is 3.35. The number of rotatable bonds is 3. The van der Waals surface area contributed by atoms with Crippen molar-refractivity contribution in [1.82, 2.24) is 15.0 Å². The lowest BCUT2D eigenvalue weighted by atomic mass is 10.2. The molecule has 0 aromatic carbocycles. The fraction of sp³-hybridized carbons (Fsp3) is 0.357. The lowest BCUT2D eigenvalue weighted by Gasteiger charge is -2.35. The topological polar surface area (TPSA) is 129 Å². The Balaban J connectivity index is 2.05. The standard InChI is InChI=1S/C14H19N7O/c1-8(2)21-12-10(22-13(21)14(15,16)17)7-19-11(20-12)9-5-3-4-6-18-9/h3-8,13H,15-17H2,1-2H3. The van der Waals surface area contributed by atoms with Crippen molar-refractivity contribution in [3.05, 3.63) is 30.6 Å². The van der Waals surface area contributed by atoms with Gasteiger partial charge in [-0.3, -0.25) is 22.2 Å². The van der Waals surface area contributed by atoms with Gasteiger partial charge in [-0.25, -0.2) is 9.97 Å². The van der Waals surface area contributed by atoms with Crippen molar-refractivity contribution in [3.63, 3.8) is 0 Å². The quantitative estimate of drug-likeness (QED) is 0.676. The van der Waals surface area contributed by atoms with Crippen molar-refractivity contribution in [3.8, 4) is 17.3 Å². The Hall–Kier alpha value is -2.29. The van der Waals surface area contributed by atoms with Crippen LogP contribution in [0.25, 0.3) is 11.5 Å². The molecule has 2 aromatic rings. The first kappa shape index (κ1) is 14.6. The first-order chi connectivity index (χ1) is 10.4. The molecule has 116 valence electrons. The van der Waals surface area contributed by atoms with Crippen molar-refractivity contribution in [2.75, 3.05) is 4.90 Å². The molecule has 1 aliphatic heterocycles. The molecule has 22 heavy (non-hydrogen) atoms. The summed E-state index contributed by atoms with van der Waals surface area (Å²) in [5, 5.41) is 0. The SMILES string of the molecule is CC(C)N1c2nc(-c3ccccn3)ncc2OC1C(N)(N)N. The molecule has 1 aliphatic rings. The average molecular weight is 301 g/mol. The number of pyridine rings is 1. The highest BCUT2D eigenvalue weighted by atomic mass is 16.5. The van der Waals surface area contributed by atoms with Crippen LogP contribution in [0.5, 0.6) is 5.75 Å². The van der Waals surface area contributed by atoms with E-state index in [9.17, 15) is 0 Å². The third kappa shape index (κ3) is 2.47. The van der Waals surface area contributed by atoms with Gasteiger partial charge in [0, 0.05) is 12.2 Å². The highest BCUT2D eigenvalue weighted by Gasteiger charge is 2.43. The van der Waals surface area contributed by atoms with Crippen LogP contribution >= 0.6 is 0 Å². The van der Waals surface area contributed by atoms with Gasteiger partial charge >= 0.3 is 0 Å². The monoisotopic (exact) mass is 301 g/mol. The molecule has 6 N–H and O–H groups in total. The van der Waals surface area contributed by atoms with E-state index >= 15 is 0 Å². The van der Waals surface area contributed by atoms with Crippen LogP contribution < -0.4 is 26.8 Å². The van der Waals surface area contributed by atoms with Crippen LogP contribution in [0.1, 0.15) is 13.8 Å². The van der Waals surface area contributed by atoms with Gasteiger partial charge in [-0.05, 0) is 26.0 Å². The van der Waals surface area contributed by atoms with E-state index in [1.165, 1.54) is 0 Å². The maximum Gasteiger partial charge on any atom is 0.219 e. The maximum absolute atomic E-state index is 5.83. The lowest BCUT2D eigenvalue weighted by molar-refractivity contribution is 0.125. The molecule has 0 saturated heterocycles. The van der Waals surface area contributed by atoms with Crippen LogP contribution in [0.3, 0.4) is 0 Å². The Kier molecular flexibility index (Phi) is 3.44. The Bertz CT molecular complexity index is 669. The summed E-state index contributed by atoms with van der Waals surface area (Å²) in [7, 11) is 0. The van der Waals surface area contributed by atoms with Crippen LogP contribution in [0.2, 0.25) is 0 Å². The zero-order valence-corrected chi connectivity index (χ0v) is 12.5. The second kappa shape index (κ2) is 5.16. The highest BCUT2D eigenvalue weighted by molar-refractivity contribution is 5.62. The van der Waals surface area contributed by atoms with E-state index in [-0.39, 0.29) is 6.04 Å². The molecule has 3 rings (SSSR count).